The molecule has 0 aromatic heterocycles. The van der Waals surface area contributed by atoms with Gasteiger partial charge in [0.15, 0.2) is 11.5 Å². The first-order chi connectivity index (χ1) is 8.47. The summed E-state index contributed by atoms with van der Waals surface area (Å²) in [6.45, 7) is 0.781. The van der Waals surface area contributed by atoms with Gasteiger partial charge in [-0.15, -0.1) is 11.8 Å². The van der Waals surface area contributed by atoms with Gasteiger partial charge in [-0.2, -0.15) is 0 Å². The van der Waals surface area contributed by atoms with Gasteiger partial charge in [-0.3, -0.25) is 0 Å². The van der Waals surface area contributed by atoms with Gasteiger partial charge < -0.3 is 9.47 Å². The Kier molecular flexibility index (Phi) is 4.69. The third-order valence-corrected chi connectivity index (χ3v) is 2.74. The van der Waals surface area contributed by atoms with Gasteiger partial charge in [-0.05, 0) is 12.1 Å². The number of hydrogen-bond donors (Lipinski definition) is 0. The van der Waals surface area contributed by atoms with E-state index in [4.69, 9.17) is 9.47 Å². The van der Waals surface area contributed by atoms with Crippen LogP contribution in [0.5, 0.6) is 11.5 Å². The van der Waals surface area contributed by atoms with E-state index in [1.54, 1.807) is 11.8 Å². The summed E-state index contributed by atoms with van der Waals surface area (Å²) in [6, 6.07) is 7.57. The van der Waals surface area contributed by atoms with Gasteiger partial charge in [0.1, 0.15) is 13.2 Å². The van der Waals surface area contributed by atoms with E-state index < -0.39 is 0 Å². The molecule has 0 saturated heterocycles. The van der Waals surface area contributed by atoms with Crippen molar-refractivity contribution in [3.8, 4) is 35.2 Å². The lowest BCUT2D eigenvalue weighted by molar-refractivity contribution is 0.314. The van der Waals surface area contributed by atoms with Crippen LogP contribution in [-0.2, 0) is 0 Å². The van der Waals surface area contributed by atoms with Crippen molar-refractivity contribution in [2.75, 3.05) is 24.7 Å². The minimum Gasteiger partial charge on any atom is -0.477 e. The van der Waals surface area contributed by atoms with Crippen molar-refractivity contribution in [3.05, 3.63) is 24.3 Å². The summed E-state index contributed by atoms with van der Waals surface area (Å²) in [5, 5.41) is 0. The standard InChI is InChI=1S/C14H12O2S/c1-2-8-14-13(7-1)15-9-3-5-11-17-12-6-4-10-16-14/h1-2,7-8H,9-12H2. The fourth-order valence-corrected chi connectivity index (χ4v) is 1.78. The van der Waals surface area contributed by atoms with Gasteiger partial charge in [0, 0.05) is 0 Å². The maximum absolute atomic E-state index is 5.55. The average molecular weight is 244 g/mol. The fourth-order valence-electron chi connectivity index (χ4n) is 1.27. The van der Waals surface area contributed by atoms with Crippen molar-refractivity contribution in [2.24, 2.45) is 0 Å². The molecular weight excluding hydrogens is 232 g/mol. The molecular formula is C14H12O2S. The topological polar surface area (TPSA) is 18.5 Å². The molecule has 0 N–H and O–H groups in total. The van der Waals surface area contributed by atoms with Crippen molar-refractivity contribution in [2.45, 2.75) is 0 Å². The predicted octanol–water partition coefficient (Wildman–Crippen LogP) is 2.20. The Morgan fingerprint density at radius 1 is 0.824 bits per heavy atom. The van der Waals surface area contributed by atoms with E-state index in [0.717, 1.165) is 23.0 Å². The molecule has 0 amide bonds. The average Bonchev–Trinajstić information content (AvgIpc) is 2.38. The van der Waals surface area contributed by atoms with Crippen LogP contribution in [0.15, 0.2) is 24.3 Å². The minimum atomic E-state index is 0.391. The summed E-state index contributed by atoms with van der Waals surface area (Å²) in [6.07, 6.45) is 0. The lowest BCUT2D eigenvalue weighted by Crippen LogP contribution is -1.99. The first-order valence-corrected chi connectivity index (χ1v) is 6.46. The number of benzene rings is 1. The summed E-state index contributed by atoms with van der Waals surface area (Å²) in [5.41, 5.74) is 0. The third kappa shape index (κ3) is 3.98. The van der Waals surface area contributed by atoms with Gasteiger partial charge in [-0.1, -0.05) is 35.8 Å². The molecule has 86 valence electrons. The molecule has 0 radical (unpaired) electrons. The van der Waals surface area contributed by atoms with Crippen LogP contribution in [0.2, 0.25) is 0 Å². The Labute approximate surface area is 106 Å². The fraction of sp³-hybridized carbons (Fsp3) is 0.286. The summed E-state index contributed by atoms with van der Waals surface area (Å²) in [4.78, 5) is 0. The quantitative estimate of drug-likeness (QED) is 0.652. The molecule has 2 rings (SSSR count). The zero-order chi connectivity index (χ0) is 11.8. The zero-order valence-corrected chi connectivity index (χ0v) is 10.2. The molecule has 0 fully saturated rings. The van der Waals surface area contributed by atoms with Crippen molar-refractivity contribution < 1.29 is 9.47 Å². The van der Waals surface area contributed by atoms with Crippen molar-refractivity contribution in [1.29, 1.82) is 0 Å². The highest BCUT2D eigenvalue weighted by molar-refractivity contribution is 7.99. The number of para-hydroxylation sites is 2. The Bertz CT molecular complexity index is 443. The molecule has 1 aliphatic rings. The number of ether oxygens (including phenoxy) is 2. The highest BCUT2D eigenvalue weighted by Gasteiger charge is 2.02. The molecule has 0 aliphatic carbocycles. The molecule has 0 bridgehead atoms. The lowest BCUT2D eigenvalue weighted by Gasteiger charge is -2.08. The summed E-state index contributed by atoms with van der Waals surface area (Å²) < 4.78 is 11.1. The van der Waals surface area contributed by atoms with Crippen LogP contribution in [0.3, 0.4) is 0 Å². The number of fused-ring (bicyclic) bond motifs is 1. The second-order valence-electron chi connectivity index (χ2n) is 3.22. The van der Waals surface area contributed by atoms with Crippen LogP contribution in [-0.4, -0.2) is 24.7 Å². The molecule has 17 heavy (non-hydrogen) atoms. The maximum atomic E-state index is 5.55. The van der Waals surface area contributed by atoms with E-state index in [1.165, 1.54) is 0 Å². The van der Waals surface area contributed by atoms with Gasteiger partial charge in [0.25, 0.3) is 0 Å². The van der Waals surface area contributed by atoms with Gasteiger partial charge >= 0.3 is 0 Å². The highest BCUT2D eigenvalue weighted by atomic mass is 32.2. The van der Waals surface area contributed by atoms with E-state index in [1.807, 2.05) is 24.3 Å². The van der Waals surface area contributed by atoms with E-state index >= 15 is 0 Å². The monoisotopic (exact) mass is 244 g/mol. The van der Waals surface area contributed by atoms with Crippen LogP contribution in [0, 0.1) is 23.7 Å². The van der Waals surface area contributed by atoms with Crippen LogP contribution in [0.4, 0.5) is 0 Å². The van der Waals surface area contributed by atoms with Crippen LogP contribution >= 0.6 is 11.8 Å². The third-order valence-electron chi connectivity index (χ3n) is 2.05. The SMILES string of the molecule is C1#CCSCC#CCOc2ccccc2OC1. The molecule has 1 aromatic rings. The number of rotatable bonds is 0. The second kappa shape index (κ2) is 6.78. The van der Waals surface area contributed by atoms with Crippen LogP contribution in [0.25, 0.3) is 0 Å². The Hall–Kier alpha value is -1.71. The zero-order valence-electron chi connectivity index (χ0n) is 9.36. The van der Waals surface area contributed by atoms with E-state index in [2.05, 4.69) is 23.7 Å². The molecule has 1 aliphatic heterocycles. The molecule has 1 heterocycles. The Balaban J connectivity index is 2.12. The van der Waals surface area contributed by atoms with E-state index in [-0.39, 0.29) is 0 Å². The maximum Gasteiger partial charge on any atom is 0.162 e. The molecule has 2 nitrogen and oxygen atoms in total. The smallest absolute Gasteiger partial charge is 0.162 e. The Morgan fingerprint density at radius 3 is 1.88 bits per heavy atom. The largest absolute Gasteiger partial charge is 0.477 e. The van der Waals surface area contributed by atoms with Crippen molar-refractivity contribution >= 4 is 11.8 Å². The van der Waals surface area contributed by atoms with Gasteiger partial charge in [0.2, 0.25) is 0 Å². The summed E-state index contributed by atoms with van der Waals surface area (Å²) in [7, 11) is 0. The van der Waals surface area contributed by atoms with E-state index in [0.29, 0.717) is 13.2 Å². The van der Waals surface area contributed by atoms with Crippen LogP contribution < -0.4 is 9.47 Å². The highest BCUT2D eigenvalue weighted by Crippen LogP contribution is 2.26. The van der Waals surface area contributed by atoms with Crippen molar-refractivity contribution in [3.63, 3.8) is 0 Å². The van der Waals surface area contributed by atoms with Crippen molar-refractivity contribution in [1.82, 2.24) is 0 Å². The normalized spacial score (nSPS) is 14.8. The molecule has 0 atom stereocenters. The molecule has 3 heteroatoms. The summed E-state index contributed by atoms with van der Waals surface area (Å²) in [5.74, 6) is 15.0. The van der Waals surface area contributed by atoms with Crippen LogP contribution in [0.1, 0.15) is 0 Å². The lowest BCUT2D eigenvalue weighted by atomic mass is 10.3. The Morgan fingerprint density at radius 2 is 1.35 bits per heavy atom. The molecule has 1 aromatic carbocycles. The van der Waals surface area contributed by atoms with Gasteiger partial charge in [0.05, 0.1) is 11.5 Å². The predicted molar refractivity (Wildman–Crippen MR) is 70.3 cm³/mol. The second-order valence-corrected chi connectivity index (χ2v) is 4.21. The van der Waals surface area contributed by atoms with Gasteiger partial charge in [-0.25, -0.2) is 0 Å². The first kappa shape index (κ1) is 11.8. The summed E-state index contributed by atoms with van der Waals surface area (Å²) >= 11 is 1.70. The number of thioether (sulfide) groups is 1. The minimum absolute atomic E-state index is 0.391. The molecule has 0 unspecified atom stereocenters. The van der Waals surface area contributed by atoms with E-state index in [9.17, 15) is 0 Å². The molecule has 0 spiro atoms. The first-order valence-electron chi connectivity index (χ1n) is 5.30. The number of hydrogen-bond acceptors (Lipinski definition) is 3. The molecule has 0 saturated carbocycles.